The summed E-state index contributed by atoms with van der Waals surface area (Å²) in [5.74, 6) is 0.734. The average molecular weight is 276 g/mol. The van der Waals surface area contributed by atoms with Crippen LogP contribution in [-0.4, -0.2) is 30.6 Å². The van der Waals surface area contributed by atoms with E-state index in [1.165, 1.54) is 18.4 Å². The molecule has 0 aliphatic carbocycles. The van der Waals surface area contributed by atoms with Crippen molar-refractivity contribution >= 4 is 0 Å². The van der Waals surface area contributed by atoms with Crippen molar-refractivity contribution in [2.45, 2.75) is 52.0 Å². The Hall–Kier alpha value is -0.860. The molecule has 1 aromatic rings. The number of nitrogens with zero attached hydrogens (tertiary/aromatic N) is 1. The first-order valence-electron chi connectivity index (χ1n) is 8.03. The van der Waals surface area contributed by atoms with E-state index in [4.69, 9.17) is 5.73 Å². The molecule has 2 N–H and O–H groups in total. The fourth-order valence-corrected chi connectivity index (χ4v) is 2.93. The molecule has 1 rings (SSSR count). The molecule has 0 heterocycles. The van der Waals surface area contributed by atoms with Gasteiger partial charge in [-0.05, 0) is 37.8 Å². The van der Waals surface area contributed by atoms with Crippen LogP contribution in [0.1, 0.15) is 45.6 Å². The molecule has 114 valence electrons. The molecule has 0 saturated heterocycles. The lowest BCUT2D eigenvalue weighted by Crippen LogP contribution is -2.53. The first-order valence-corrected chi connectivity index (χ1v) is 8.03. The molecule has 0 aliphatic rings. The fraction of sp³-hybridized carbons (Fsp3) is 0.667. The average Bonchev–Trinajstić information content (AvgIpc) is 2.51. The van der Waals surface area contributed by atoms with Gasteiger partial charge >= 0.3 is 0 Å². The van der Waals surface area contributed by atoms with Gasteiger partial charge in [0.25, 0.3) is 0 Å². The van der Waals surface area contributed by atoms with E-state index in [0.717, 1.165) is 31.8 Å². The van der Waals surface area contributed by atoms with Crippen LogP contribution in [0.15, 0.2) is 30.3 Å². The summed E-state index contributed by atoms with van der Waals surface area (Å²) in [5.41, 5.74) is 7.71. The van der Waals surface area contributed by atoms with Gasteiger partial charge < -0.3 is 5.73 Å². The van der Waals surface area contributed by atoms with Crippen molar-refractivity contribution in [2.75, 3.05) is 20.1 Å². The third-order valence-corrected chi connectivity index (χ3v) is 4.85. The Bertz CT molecular complexity index is 357. The highest BCUT2D eigenvalue weighted by Crippen LogP contribution is 2.27. The second kappa shape index (κ2) is 8.43. The quantitative estimate of drug-likeness (QED) is 0.745. The van der Waals surface area contributed by atoms with E-state index in [1.807, 2.05) is 0 Å². The number of likely N-dealkylation sites (N-methyl/N-ethyl adjacent to an activating group) is 1. The van der Waals surface area contributed by atoms with E-state index in [-0.39, 0.29) is 5.54 Å². The SMILES string of the molecule is CCC(C)CC(CC)(CN)N(C)CCc1ccccc1. The molecule has 0 saturated carbocycles. The molecule has 20 heavy (non-hydrogen) atoms. The smallest absolute Gasteiger partial charge is 0.0328 e. The summed E-state index contributed by atoms with van der Waals surface area (Å²) in [5, 5.41) is 0. The van der Waals surface area contributed by atoms with E-state index >= 15 is 0 Å². The molecule has 0 fully saturated rings. The fourth-order valence-electron chi connectivity index (χ4n) is 2.93. The summed E-state index contributed by atoms with van der Waals surface area (Å²) in [7, 11) is 2.24. The molecule has 1 aromatic carbocycles. The van der Waals surface area contributed by atoms with Crippen molar-refractivity contribution in [3.8, 4) is 0 Å². The lowest BCUT2D eigenvalue weighted by Gasteiger charge is -2.42. The summed E-state index contributed by atoms with van der Waals surface area (Å²) in [6.07, 6.45) is 4.65. The molecule has 0 aromatic heterocycles. The van der Waals surface area contributed by atoms with Crippen molar-refractivity contribution < 1.29 is 0 Å². The molecule has 2 unspecified atom stereocenters. The first kappa shape index (κ1) is 17.2. The summed E-state index contributed by atoms with van der Waals surface area (Å²) in [6, 6.07) is 10.7. The van der Waals surface area contributed by atoms with Crippen molar-refractivity contribution in [1.29, 1.82) is 0 Å². The Morgan fingerprint density at radius 1 is 1.20 bits per heavy atom. The highest BCUT2D eigenvalue weighted by Gasteiger charge is 2.32. The minimum atomic E-state index is 0.157. The zero-order valence-electron chi connectivity index (χ0n) is 13.7. The summed E-state index contributed by atoms with van der Waals surface area (Å²) < 4.78 is 0. The highest BCUT2D eigenvalue weighted by atomic mass is 15.2. The number of nitrogens with two attached hydrogens (primary N) is 1. The van der Waals surface area contributed by atoms with Gasteiger partial charge in [-0.3, -0.25) is 4.90 Å². The molecule has 2 heteroatoms. The van der Waals surface area contributed by atoms with Crippen LogP contribution < -0.4 is 5.73 Å². The van der Waals surface area contributed by atoms with Crippen LogP contribution in [0.2, 0.25) is 0 Å². The minimum Gasteiger partial charge on any atom is -0.329 e. The predicted octanol–water partition coefficient (Wildman–Crippen LogP) is 3.70. The van der Waals surface area contributed by atoms with Crippen LogP contribution in [0.25, 0.3) is 0 Å². The minimum absolute atomic E-state index is 0.157. The molecule has 0 amide bonds. The van der Waals surface area contributed by atoms with Crippen molar-refractivity contribution in [2.24, 2.45) is 11.7 Å². The standard InChI is InChI=1S/C18H32N2/c1-5-16(3)14-18(6-2,15-19)20(4)13-12-17-10-8-7-9-11-17/h7-11,16H,5-6,12-15,19H2,1-4H3. The Morgan fingerprint density at radius 2 is 1.85 bits per heavy atom. The number of hydrogen-bond donors (Lipinski definition) is 1. The second-order valence-corrected chi connectivity index (χ2v) is 6.16. The number of rotatable bonds is 9. The molecular weight excluding hydrogens is 244 g/mol. The second-order valence-electron chi connectivity index (χ2n) is 6.16. The topological polar surface area (TPSA) is 29.3 Å². The normalized spacial score (nSPS) is 16.1. The molecule has 0 radical (unpaired) electrons. The van der Waals surface area contributed by atoms with Crippen LogP contribution >= 0.6 is 0 Å². The van der Waals surface area contributed by atoms with E-state index in [2.05, 4.69) is 63.1 Å². The Balaban J connectivity index is 2.66. The van der Waals surface area contributed by atoms with Gasteiger partial charge in [0.15, 0.2) is 0 Å². The predicted molar refractivity (Wildman–Crippen MR) is 88.9 cm³/mol. The van der Waals surface area contributed by atoms with Crippen molar-refractivity contribution in [3.05, 3.63) is 35.9 Å². The Morgan fingerprint density at radius 3 is 2.35 bits per heavy atom. The third-order valence-electron chi connectivity index (χ3n) is 4.85. The lowest BCUT2D eigenvalue weighted by molar-refractivity contribution is 0.0937. The molecule has 2 nitrogen and oxygen atoms in total. The largest absolute Gasteiger partial charge is 0.329 e. The number of hydrogen-bond acceptors (Lipinski definition) is 2. The maximum absolute atomic E-state index is 6.15. The van der Waals surface area contributed by atoms with Crippen molar-refractivity contribution in [1.82, 2.24) is 4.90 Å². The van der Waals surface area contributed by atoms with E-state index in [0.29, 0.717) is 0 Å². The van der Waals surface area contributed by atoms with Gasteiger partial charge in [-0.15, -0.1) is 0 Å². The Labute approximate surface area is 125 Å². The van der Waals surface area contributed by atoms with E-state index < -0.39 is 0 Å². The molecular formula is C18H32N2. The van der Waals surface area contributed by atoms with Crippen LogP contribution in [0.5, 0.6) is 0 Å². The van der Waals surface area contributed by atoms with Gasteiger partial charge in [0.05, 0.1) is 0 Å². The summed E-state index contributed by atoms with van der Waals surface area (Å²) in [6.45, 7) is 8.70. The Kier molecular flexibility index (Phi) is 7.25. The molecule has 2 atom stereocenters. The van der Waals surface area contributed by atoms with Gasteiger partial charge in [-0.1, -0.05) is 57.5 Å². The van der Waals surface area contributed by atoms with Crippen LogP contribution in [-0.2, 0) is 6.42 Å². The van der Waals surface area contributed by atoms with Crippen LogP contribution in [0, 0.1) is 5.92 Å². The van der Waals surface area contributed by atoms with Crippen LogP contribution in [0.3, 0.4) is 0 Å². The maximum Gasteiger partial charge on any atom is 0.0328 e. The van der Waals surface area contributed by atoms with Gasteiger partial charge in [0.2, 0.25) is 0 Å². The summed E-state index contributed by atoms with van der Waals surface area (Å²) >= 11 is 0. The lowest BCUT2D eigenvalue weighted by atomic mass is 9.83. The zero-order valence-corrected chi connectivity index (χ0v) is 13.7. The number of benzene rings is 1. The summed E-state index contributed by atoms with van der Waals surface area (Å²) in [4.78, 5) is 2.49. The molecule has 0 bridgehead atoms. The monoisotopic (exact) mass is 276 g/mol. The van der Waals surface area contributed by atoms with Gasteiger partial charge in [-0.2, -0.15) is 0 Å². The third kappa shape index (κ3) is 4.60. The van der Waals surface area contributed by atoms with Gasteiger partial charge in [-0.25, -0.2) is 0 Å². The first-order chi connectivity index (χ1) is 9.57. The van der Waals surface area contributed by atoms with E-state index in [1.54, 1.807) is 0 Å². The molecule has 0 aliphatic heterocycles. The zero-order chi connectivity index (χ0) is 15.0. The van der Waals surface area contributed by atoms with Crippen molar-refractivity contribution in [3.63, 3.8) is 0 Å². The van der Waals surface area contributed by atoms with E-state index in [9.17, 15) is 0 Å². The van der Waals surface area contributed by atoms with Crippen LogP contribution in [0.4, 0.5) is 0 Å². The maximum atomic E-state index is 6.15. The highest BCUT2D eigenvalue weighted by molar-refractivity contribution is 5.15. The van der Waals surface area contributed by atoms with Gasteiger partial charge in [0, 0.05) is 18.6 Å². The molecule has 0 spiro atoms. The van der Waals surface area contributed by atoms with Gasteiger partial charge in [0.1, 0.15) is 0 Å².